The monoisotopic (exact) mass is 279 g/mol. The molecule has 0 aliphatic rings. The molecule has 2 aromatic rings. The number of benzene rings is 1. The van der Waals surface area contributed by atoms with Crippen molar-refractivity contribution in [2.45, 2.75) is 17.6 Å². The van der Waals surface area contributed by atoms with Crippen LogP contribution in [0.5, 0.6) is 0 Å². The van der Waals surface area contributed by atoms with Crippen molar-refractivity contribution in [2.75, 3.05) is 5.73 Å². The van der Waals surface area contributed by atoms with Gasteiger partial charge in [-0.15, -0.1) is 23.1 Å². The summed E-state index contributed by atoms with van der Waals surface area (Å²) in [4.78, 5) is 13.4. The van der Waals surface area contributed by atoms with E-state index in [2.05, 4.69) is 0 Å². The highest BCUT2D eigenvalue weighted by Crippen LogP contribution is 2.29. The first-order valence-corrected chi connectivity index (χ1v) is 7.17. The number of carboxylic acids is 1. The van der Waals surface area contributed by atoms with E-state index in [0.717, 1.165) is 26.8 Å². The number of thiophene rings is 1. The highest BCUT2D eigenvalue weighted by Gasteiger charge is 2.11. The maximum atomic E-state index is 10.9. The molecule has 3 nitrogen and oxygen atoms in total. The first-order valence-electron chi connectivity index (χ1n) is 5.37. The highest BCUT2D eigenvalue weighted by molar-refractivity contribution is 7.98. The van der Waals surface area contributed by atoms with Gasteiger partial charge in [-0.3, -0.25) is 0 Å². The fourth-order valence-corrected chi connectivity index (χ4v) is 3.52. The number of aromatic carboxylic acids is 1. The van der Waals surface area contributed by atoms with E-state index in [-0.39, 0.29) is 0 Å². The average Bonchev–Trinajstić information content (AvgIpc) is 2.68. The van der Waals surface area contributed by atoms with Crippen LogP contribution in [0.2, 0.25) is 0 Å². The molecular weight excluding hydrogens is 266 g/mol. The second kappa shape index (κ2) is 5.46. The quantitative estimate of drug-likeness (QED) is 0.662. The molecule has 0 radical (unpaired) electrons. The van der Waals surface area contributed by atoms with Crippen molar-refractivity contribution < 1.29 is 9.90 Å². The molecule has 0 aliphatic heterocycles. The molecule has 2 rings (SSSR count). The number of carboxylic acid groups (broad SMARTS) is 1. The number of aryl methyl sites for hydroxylation is 1. The molecule has 0 saturated heterocycles. The van der Waals surface area contributed by atoms with Crippen molar-refractivity contribution >= 4 is 34.8 Å². The Balaban J connectivity index is 2.08. The van der Waals surface area contributed by atoms with Gasteiger partial charge < -0.3 is 10.8 Å². The van der Waals surface area contributed by atoms with Crippen molar-refractivity contribution in [1.29, 1.82) is 0 Å². The molecule has 0 spiro atoms. The van der Waals surface area contributed by atoms with E-state index in [1.54, 1.807) is 17.8 Å². The molecule has 0 fully saturated rings. The Kier molecular flexibility index (Phi) is 3.93. The number of nitrogen functional groups attached to an aromatic ring is 1. The van der Waals surface area contributed by atoms with Gasteiger partial charge >= 0.3 is 5.97 Å². The molecule has 0 unspecified atom stereocenters. The van der Waals surface area contributed by atoms with Gasteiger partial charge in [0, 0.05) is 21.2 Å². The summed E-state index contributed by atoms with van der Waals surface area (Å²) in [6, 6.07) is 9.44. The molecule has 94 valence electrons. The van der Waals surface area contributed by atoms with E-state index >= 15 is 0 Å². The molecule has 1 heterocycles. The lowest BCUT2D eigenvalue weighted by atomic mass is 10.3. The Labute approximate surface area is 114 Å². The summed E-state index contributed by atoms with van der Waals surface area (Å²) in [6.45, 7) is 1.95. The smallest absolute Gasteiger partial charge is 0.345 e. The Morgan fingerprint density at radius 1 is 1.44 bits per heavy atom. The van der Waals surface area contributed by atoms with Crippen molar-refractivity contribution in [3.8, 4) is 0 Å². The molecule has 0 atom stereocenters. The SMILES string of the molecule is Cc1sc(C(=O)O)cc1CSc1cccc(N)c1. The predicted molar refractivity (Wildman–Crippen MR) is 76.4 cm³/mol. The summed E-state index contributed by atoms with van der Waals surface area (Å²) >= 11 is 2.98. The van der Waals surface area contributed by atoms with Crippen LogP contribution in [-0.4, -0.2) is 11.1 Å². The third-order valence-corrected chi connectivity index (χ3v) is 4.61. The van der Waals surface area contributed by atoms with E-state index in [0.29, 0.717) is 4.88 Å². The molecule has 3 N–H and O–H groups in total. The summed E-state index contributed by atoms with van der Waals surface area (Å²) in [6.07, 6.45) is 0. The van der Waals surface area contributed by atoms with Crippen molar-refractivity contribution in [3.05, 3.63) is 45.6 Å². The number of thioether (sulfide) groups is 1. The molecule has 1 aromatic heterocycles. The number of hydrogen-bond acceptors (Lipinski definition) is 4. The summed E-state index contributed by atoms with van der Waals surface area (Å²) in [7, 11) is 0. The van der Waals surface area contributed by atoms with Crippen LogP contribution in [-0.2, 0) is 5.75 Å². The number of hydrogen-bond donors (Lipinski definition) is 2. The fraction of sp³-hybridized carbons (Fsp3) is 0.154. The van der Waals surface area contributed by atoms with Gasteiger partial charge in [0.15, 0.2) is 0 Å². The first kappa shape index (κ1) is 13.0. The van der Waals surface area contributed by atoms with Gasteiger partial charge in [-0.05, 0) is 36.8 Å². The zero-order valence-corrected chi connectivity index (χ0v) is 11.5. The molecular formula is C13H13NO2S2. The van der Waals surface area contributed by atoms with Crippen LogP contribution >= 0.6 is 23.1 Å². The van der Waals surface area contributed by atoms with E-state index in [4.69, 9.17) is 10.8 Å². The summed E-state index contributed by atoms with van der Waals surface area (Å²) in [5.41, 5.74) is 7.53. The zero-order chi connectivity index (χ0) is 13.1. The molecule has 5 heteroatoms. The van der Waals surface area contributed by atoms with Crippen molar-refractivity contribution in [1.82, 2.24) is 0 Å². The Morgan fingerprint density at radius 2 is 2.22 bits per heavy atom. The lowest BCUT2D eigenvalue weighted by Crippen LogP contribution is -1.90. The normalized spacial score (nSPS) is 10.5. The van der Waals surface area contributed by atoms with Crippen molar-refractivity contribution in [2.24, 2.45) is 0 Å². The Bertz CT molecular complexity index is 578. The summed E-state index contributed by atoms with van der Waals surface area (Å²) in [5, 5.41) is 8.93. The maximum absolute atomic E-state index is 10.9. The van der Waals surface area contributed by atoms with E-state index in [9.17, 15) is 4.79 Å². The van der Waals surface area contributed by atoms with Gasteiger partial charge in [-0.2, -0.15) is 0 Å². The molecule has 0 bridgehead atoms. The fourth-order valence-electron chi connectivity index (χ4n) is 1.53. The minimum atomic E-state index is -0.858. The lowest BCUT2D eigenvalue weighted by molar-refractivity contribution is 0.0702. The van der Waals surface area contributed by atoms with Crippen LogP contribution in [0.25, 0.3) is 0 Å². The van der Waals surface area contributed by atoms with Gasteiger partial charge in [-0.1, -0.05) is 6.07 Å². The van der Waals surface area contributed by atoms with Crippen LogP contribution in [0, 0.1) is 6.92 Å². The molecule has 0 amide bonds. The van der Waals surface area contributed by atoms with E-state index < -0.39 is 5.97 Å². The Hall–Kier alpha value is -1.46. The minimum Gasteiger partial charge on any atom is -0.477 e. The number of rotatable bonds is 4. The third kappa shape index (κ3) is 3.05. The molecule has 18 heavy (non-hydrogen) atoms. The van der Waals surface area contributed by atoms with Crippen LogP contribution in [0.1, 0.15) is 20.1 Å². The second-order valence-electron chi connectivity index (χ2n) is 3.86. The van der Waals surface area contributed by atoms with Crippen LogP contribution in [0.3, 0.4) is 0 Å². The molecule has 0 aliphatic carbocycles. The number of carbonyl (C=O) groups is 1. The highest BCUT2D eigenvalue weighted by atomic mass is 32.2. The topological polar surface area (TPSA) is 63.3 Å². The van der Waals surface area contributed by atoms with Gasteiger partial charge in [0.1, 0.15) is 4.88 Å². The largest absolute Gasteiger partial charge is 0.477 e. The van der Waals surface area contributed by atoms with Crippen molar-refractivity contribution in [3.63, 3.8) is 0 Å². The first-order chi connectivity index (χ1) is 8.56. The maximum Gasteiger partial charge on any atom is 0.345 e. The Morgan fingerprint density at radius 3 is 2.83 bits per heavy atom. The lowest BCUT2D eigenvalue weighted by Gasteiger charge is -2.02. The summed E-state index contributed by atoms with van der Waals surface area (Å²) in [5.74, 6) is -0.0951. The van der Waals surface area contributed by atoms with Gasteiger partial charge in [0.25, 0.3) is 0 Å². The van der Waals surface area contributed by atoms with Crippen LogP contribution in [0.4, 0.5) is 5.69 Å². The second-order valence-corrected chi connectivity index (χ2v) is 6.16. The average molecular weight is 279 g/mol. The molecule has 1 aromatic carbocycles. The van der Waals surface area contributed by atoms with Crippen LogP contribution in [0.15, 0.2) is 35.2 Å². The minimum absolute atomic E-state index is 0.399. The molecule has 0 saturated carbocycles. The summed E-state index contributed by atoms with van der Waals surface area (Å²) < 4.78 is 0. The predicted octanol–water partition coefficient (Wildman–Crippen LogP) is 3.63. The van der Waals surface area contributed by atoms with Crippen LogP contribution < -0.4 is 5.73 Å². The standard InChI is InChI=1S/C13H13NO2S2/c1-8-9(5-12(18-8)13(15)16)7-17-11-4-2-3-10(14)6-11/h2-6H,7,14H2,1H3,(H,15,16). The van der Waals surface area contributed by atoms with E-state index in [1.807, 2.05) is 31.2 Å². The number of nitrogens with two attached hydrogens (primary N) is 1. The third-order valence-electron chi connectivity index (χ3n) is 2.48. The van der Waals surface area contributed by atoms with Gasteiger partial charge in [-0.25, -0.2) is 4.79 Å². The van der Waals surface area contributed by atoms with E-state index in [1.165, 1.54) is 11.3 Å². The number of anilines is 1. The van der Waals surface area contributed by atoms with Gasteiger partial charge in [0.2, 0.25) is 0 Å². The van der Waals surface area contributed by atoms with Gasteiger partial charge in [0.05, 0.1) is 0 Å². The zero-order valence-electron chi connectivity index (χ0n) is 9.84.